The number of carbonyl (C=O) groups is 2. The molecular weight excluding hydrogens is 517 g/mol. The highest BCUT2D eigenvalue weighted by molar-refractivity contribution is 8.18. The van der Waals surface area contributed by atoms with E-state index < -0.39 is 0 Å². The van der Waals surface area contributed by atoms with Crippen molar-refractivity contribution < 1.29 is 19.1 Å². The maximum absolute atomic E-state index is 12.9. The molecular formula is C25H18Cl3NO4S. The van der Waals surface area contributed by atoms with Crippen molar-refractivity contribution in [2.24, 2.45) is 0 Å². The third-order valence-corrected chi connectivity index (χ3v) is 7.06. The van der Waals surface area contributed by atoms with Crippen LogP contribution in [0.15, 0.2) is 65.6 Å². The number of imide groups is 1. The first-order valence-corrected chi connectivity index (χ1v) is 12.0. The maximum atomic E-state index is 12.9. The zero-order chi connectivity index (χ0) is 24.2. The Kier molecular flexibility index (Phi) is 7.73. The molecule has 0 aliphatic carbocycles. The van der Waals surface area contributed by atoms with Crippen LogP contribution in [0.3, 0.4) is 0 Å². The lowest BCUT2D eigenvalue weighted by Gasteiger charge is -2.14. The van der Waals surface area contributed by atoms with Crippen LogP contribution in [-0.2, 0) is 17.9 Å². The van der Waals surface area contributed by atoms with E-state index in [1.165, 1.54) is 12.0 Å². The van der Waals surface area contributed by atoms with Crippen molar-refractivity contribution in [3.63, 3.8) is 0 Å². The third-order valence-electron chi connectivity index (χ3n) is 5.08. The number of benzene rings is 3. The van der Waals surface area contributed by atoms with Gasteiger partial charge >= 0.3 is 0 Å². The second-order valence-corrected chi connectivity index (χ2v) is 9.47. The van der Waals surface area contributed by atoms with Crippen LogP contribution in [0.25, 0.3) is 6.08 Å². The topological polar surface area (TPSA) is 55.8 Å². The molecule has 0 unspecified atom stereocenters. The van der Waals surface area contributed by atoms with Crippen molar-refractivity contribution in [3.05, 3.63) is 97.3 Å². The summed E-state index contributed by atoms with van der Waals surface area (Å²) in [6.45, 7) is 0.275. The summed E-state index contributed by atoms with van der Waals surface area (Å²) in [5.74, 6) is 0.581. The summed E-state index contributed by atoms with van der Waals surface area (Å²) in [5, 5.41) is 1.18. The van der Waals surface area contributed by atoms with Crippen LogP contribution in [0.4, 0.5) is 4.79 Å². The Hall–Kier alpha value is -2.64. The molecule has 34 heavy (non-hydrogen) atoms. The molecule has 0 N–H and O–H groups in total. The van der Waals surface area contributed by atoms with E-state index in [4.69, 9.17) is 44.3 Å². The lowest BCUT2D eigenvalue weighted by molar-refractivity contribution is -0.123. The number of hydrogen-bond donors (Lipinski definition) is 0. The molecule has 1 aliphatic heterocycles. The minimum absolute atomic E-state index is 0.113. The Labute approximate surface area is 216 Å². The normalized spacial score (nSPS) is 14.7. The molecule has 3 aromatic carbocycles. The Morgan fingerprint density at radius 2 is 1.62 bits per heavy atom. The molecule has 9 heteroatoms. The van der Waals surface area contributed by atoms with E-state index in [9.17, 15) is 9.59 Å². The molecule has 0 radical (unpaired) electrons. The Balaban J connectivity index is 1.51. The molecule has 1 fully saturated rings. The summed E-state index contributed by atoms with van der Waals surface area (Å²) in [4.78, 5) is 26.8. The van der Waals surface area contributed by atoms with Gasteiger partial charge in [-0.1, -0.05) is 65.1 Å². The average molecular weight is 535 g/mol. The van der Waals surface area contributed by atoms with Gasteiger partial charge in [-0.15, -0.1) is 0 Å². The quantitative estimate of drug-likeness (QED) is 0.294. The Morgan fingerprint density at radius 1 is 0.912 bits per heavy atom. The van der Waals surface area contributed by atoms with Crippen molar-refractivity contribution in [2.45, 2.75) is 13.2 Å². The number of hydrogen-bond acceptors (Lipinski definition) is 5. The van der Waals surface area contributed by atoms with Crippen molar-refractivity contribution in [2.75, 3.05) is 7.11 Å². The number of amides is 2. The third kappa shape index (κ3) is 5.36. The van der Waals surface area contributed by atoms with Gasteiger partial charge in [0.15, 0.2) is 11.5 Å². The molecule has 3 aromatic rings. The van der Waals surface area contributed by atoms with Gasteiger partial charge in [0, 0.05) is 20.6 Å². The zero-order valence-corrected chi connectivity index (χ0v) is 21.0. The summed E-state index contributed by atoms with van der Waals surface area (Å²) >= 11 is 19.5. The highest BCUT2D eigenvalue weighted by Crippen LogP contribution is 2.36. The first kappa shape index (κ1) is 24.5. The summed E-state index contributed by atoms with van der Waals surface area (Å²) < 4.78 is 11.3. The van der Waals surface area contributed by atoms with Crippen LogP contribution in [0, 0.1) is 0 Å². The van der Waals surface area contributed by atoms with E-state index in [0.29, 0.717) is 48.2 Å². The van der Waals surface area contributed by atoms with E-state index in [0.717, 1.165) is 11.8 Å². The molecule has 174 valence electrons. The fourth-order valence-corrected chi connectivity index (χ4v) is 4.84. The second-order valence-electron chi connectivity index (χ2n) is 7.26. The van der Waals surface area contributed by atoms with Gasteiger partial charge < -0.3 is 9.47 Å². The van der Waals surface area contributed by atoms with Gasteiger partial charge in [-0.05, 0) is 59.3 Å². The monoisotopic (exact) mass is 533 g/mol. The first-order valence-electron chi connectivity index (χ1n) is 10.1. The number of rotatable bonds is 7. The van der Waals surface area contributed by atoms with Gasteiger partial charge in [0.2, 0.25) is 0 Å². The molecule has 4 rings (SSSR count). The summed E-state index contributed by atoms with van der Waals surface area (Å²) in [6, 6.07) is 17.6. The van der Waals surface area contributed by atoms with Crippen LogP contribution in [0.2, 0.25) is 15.1 Å². The number of nitrogens with zero attached hydrogens (tertiary/aromatic N) is 1. The first-order chi connectivity index (χ1) is 16.4. The Bertz CT molecular complexity index is 1270. The van der Waals surface area contributed by atoms with E-state index >= 15 is 0 Å². The van der Waals surface area contributed by atoms with Gasteiger partial charge in [0.25, 0.3) is 11.1 Å². The van der Waals surface area contributed by atoms with Crippen LogP contribution >= 0.6 is 46.6 Å². The summed E-state index contributed by atoms with van der Waals surface area (Å²) in [7, 11) is 1.52. The molecule has 0 saturated carbocycles. The highest BCUT2D eigenvalue weighted by atomic mass is 35.5. The van der Waals surface area contributed by atoms with Crippen LogP contribution in [0.5, 0.6) is 11.5 Å². The molecule has 0 bridgehead atoms. The molecule has 1 saturated heterocycles. The zero-order valence-electron chi connectivity index (χ0n) is 17.9. The van der Waals surface area contributed by atoms with Gasteiger partial charge in [0.1, 0.15) is 6.61 Å². The SMILES string of the molecule is COc1cc(/C=C2\SC(=O)N(Cc3ccccc3Cl)C2=O)ccc1OCc1c(Cl)cccc1Cl. The lowest BCUT2D eigenvalue weighted by Crippen LogP contribution is -2.27. The number of methoxy groups -OCH3 is 1. The van der Waals surface area contributed by atoms with E-state index in [2.05, 4.69) is 0 Å². The Morgan fingerprint density at radius 3 is 2.32 bits per heavy atom. The van der Waals surface area contributed by atoms with Gasteiger partial charge in [-0.25, -0.2) is 0 Å². The lowest BCUT2D eigenvalue weighted by atomic mass is 10.1. The van der Waals surface area contributed by atoms with Crippen LogP contribution < -0.4 is 9.47 Å². The predicted molar refractivity (Wildman–Crippen MR) is 137 cm³/mol. The number of carbonyl (C=O) groups excluding carboxylic acids is 2. The molecule has 1 heterocycles. The summed E-state index contributed by atoms with van der Waals surface area (Å²) in [6.07, 6.45) is 1.65. The number of ether oxygens (including phenoxy) is 2. The van der Waals surface area contributed by atoms with E-state index in [-0.39, 0.29) is 24.3 Å². The molecule has 0 spiro atoms. The van der Waals surface area contributed by atoms with Crippen molar-refractivity contribution in [1.29, 1.82) is 0 Å². The molecule has 0 atom stereocenters. The predicted octanol–water partition coefficient (Wildman–Crippen LogP) is 7.47. The van der Waals surface area contributed by atoms with Crippen molar-refractivity contribution in [3.8, 4) is 11.5 Å². The number of thioether (sulfide) groups is 1. The highest BCUT2D eigenvalue weighted by Gasteiger charge is 2.35. The van der Waals surface area contributed by atoms with E-state index in [1.54, 1.807) is 60.7 Å². The molecule has 2 amide bonds. The fraction of sp³-hybridized carbons (Fsp3) is 0.120. The number of halogens is 3. The van der Waals surface area contributed by atoms with Crippen LogP contribution in [-0.4, -0.2) is 23.2 Å². The molecule has 0 aromatic heterocycles. The fourth-order valence-electron chi connectivity index (χ4n) is 3.30. The standard InChI is InChI=1S/C25H18Cl3NO4S/c1-32-22-11-15(9-10-21(22)33-14-17-19(27)7-4-8-20(17)28)12-23-24(30)29(25(31)34-23)13-16-5-2-3-6-18(16)26/h2-12H,13-14H2,1H3/b23-12-. The maximum Gasteiger partial charge on any atom is 0.293 e. The van der Waals surface area contributed by atoms with Gasteiger partial charge in [-0.3, -0.25) is 14.5 Å². The van der Waals surface area contributed by atoms with Gasteiger partial charge in [0.05, 0.1) is 18.6 Å². The smallest absolute Gasteiger partial charge is 0.293 e. The minimum Gasteiger partial charge on any atom is -0.493 e. The molecule has 5 nitrogen and oxygen atoms in total. The second kappa shape index (κ2) is 10.7. The van der Waals surface area contributed by atoms with Crippen molar-refractivity contribution in [1.82, 2.24) is 4.90 Å². The van der Waals surface area contributed by atoms with Gasteiger partial charge in [-0.2, -0.15) is 0 Å². The van der Waals surface area contributed by atoms with E-state index in [1.807, 2.05) is 6.07 Å². The minimum atomic E-state index is -0.373. The largest absolute Gasteiger partial charge is 0.493 e. The molecule has 1 aliphatic rings. The van der Waals surface area contributed by atoms with Crippen LogP contribution in [0.1, 0.15) is 16.7 Å². The van der Waals surface area contributed by atoms with Crippen molar-refractivity contribution >= 4 is 63.8 Å². The summed E-state index contributed by atoms with van der Waals surface area (Å²) in [5.41, 5.74) is 2.06. The average Bonchev–Trinajstić information content (AvgIpc) is 3.08.